The third-order valence-electron chi connectivity index (χ3n) is 7.73. The number of phenolic OH excluding ortho intramolecular Hbond substituents is 2. The Labute approximate surface area is 231 Å². The van der Waals surface area contributed by atoms with E-state index in [1.807, 2.05) is 37.3 Å². The largest absolute Gasteiger partial charge is 0.508 e. The molecule has 0 amide bonds. The minimum atomic E-state index is -2.77. The summed E-state index contributed by atoms with van der Waals surface area (Å²) in [6, 6.07) is 18.2. The van der Waals surface area contributed by atoms with Gasteiger partial charge in [0, 0.05) is 29.3 Å². The molecule has 0 aliphatic carbocycles. The van der Waals surface area contributed by atoms with Crippen LogP contribution in [-0.2, 0) is 16.5 Å². The van der Waals surface area contributed by atoms with Crippen molar-refractivity contribution in [1.29, 1.82) is 0 Å². The lowest BCUT2D eigenvalue weighted by Crippen LogP contribution is -2.35. The summed E-state index contributed by atoms with van der Waals surface area (Å²) in [5.41, 5.74) is 4.08. The number of hydrogen-bond donors (Lipinski definition) is 3. The minimum Gasteiger partial charge on any atom is -0.508 e. The first-order valence-electron chi connectivity index (χ1n) is 13.3. The average Bonchev–Trinajstić information content (AvgIpc) is 3.35. The van der Waals surface area contributed by atoms with E-state index in [4.69, 9.17) is 9.47 Å². The van der Waals surface area contributed by atoms with Gasteiger partial charge in [0.25, 0.3) is 0 Å². The number of benzene rings is 3. The molecule has 7 nitrogen and oxygen atoms in total. The van der Waals surface area contributed by atoms with Crippen LogP contribution in [0.25, 0.3) is 11.1 Å². The summed E-state index contributed by atoms with van der Waals surface area (Å²) >= 11 is 0. The van der Waals surface area contributed by atoms with Gasteiger partial charge in [-0.25, -0.2) is 8.42 Å². The van der Waals surface area contributed by atoms with Crippen LogP contribution in [0.4, 0.5) is 0 Å². The van der Waals surface area contributed by atoms with E-state index in [1.54, 1.807) is 24.3 Å². The second kappa shape index (κ2) is 11.3. The van der Waals surface area contributed by atoms with Crippen molar-refractivity contribution in [2.75, 3.05) is 19.7 Å². The average molecular weight is 550 g/mol. The molecule has 0 spiro atoms. The molecule has 0 bridgehead atoms. The quantitative estimate of drug-likeness (QED) is 0.325. The van der Waals surface area contributed by atoms with Crippen LogP contribution in [0.2, 0.25) is 0 Å². The molecule has 8 heteroatoms. The fourth-order valence-corrected chi connectivity index (χ4v) is 6.22. The smallest absolute Gasteiger partial charge is 0.150 e. The van der Waals surface area contributed by atoms with Gasteiger partial charge >= 0.3 is 0 Å². The Morgan fingerprint density at radius 1 is 1.10 bits per heavy atom. The van der Waals surface area contributed by atoms with Crippen molar-refractivity contribution in [1.82, 2.24) is 4.90 Å². The second-order valence-corrected chi connectivity index (χ2v) is 11.6. The van der Waals surface area contributed by atoms with Crippen molar-refractivity contribution >= 4 is 21.9 Å². The van der Waals surface area contributed by atoms with E-state index < -0.39 is 16.8 Å². The normalized spacial score (nSPS) is 20.1. The number of thiol groups is 1. The zero-order chi connectivity index (χ0) is 27.7. The molecule has 3 aromatic rings. The van der Waals surface area contributed by atoms with Crippen LogP contribution >= 0.6 is 0 Å². The van der Waals surface area contributed by atoms with E-state index >= 15 is 0 Å². The summed E-state index contributed by atoms with van der Waals surface area (Å²) in [6.07, 6.45) is 0.714. The predicted molar refractivity (Wildman–Crippen MR) is 153 cm³/mol. The number of nitrogens with zero attached hydrogens (tertiary/aromatic N) is 1. The second-order valence-electron chi connectivity index (χ2n) is 10.6. The molecule has 0 radical (unpaired) electrons. The van der Waals surface area contributed by atoms with Crippen molar-refractivity contribution in [2.45, 2.75) is 45.1 Å². The molecule has 1 saturated heterocycles. The van der Waals surface area contributed by atoms with Gasteiger partial charge in [0.1, 0.15) is 46.4 Å². The number of fused-ring (bicyclic) bond motifs is 1. The SMILES string of the molecule is CC1=C(c2cccc(O)c2)C(c2ccc(OC[C@H](C)N3CC[C@@H](C)C3)cc2)Oc2ccc(O)c(C[SH](=O)=O)c21. The first-order chi connectivity index (χ1) is 18.7. The summed E-state index contributed by atoms with van der Waals surface area (Å²) < 4.78 is 35.9. The number of hydrogen-bond acceptors (Lipinski definition) is 7. The molecule has 2 N–H and O–H groups in total. The molecular weight excluding hydrogens is 514 g/mol. The highest BCUT2D eigenvalue weighted by Crippen LogP contribution is 2.49. The monoisotopic (exact) mass is 549 g/mol. The third kappa shape index (κ3) is 5.77. The maximum Gasteiger partial charge on any atom is 0.150 e. The summed E-state index contributed by atoms with van der Waals surface area (Å²) in [7, 11) is -2.77. The number of likely N-dealkylation sites (tertiary alicyclic amines) is 1. The number of allylic oxidation sites excluding steroid dienone is 1. The van der Waals surface area contributed by atoms with Crippen LogP contribution in [0.5, 0.6) is 23.0 Å². The lowest BCUT2D eigenvalue weighted by atomic mass is 9.84. The molecule has 3 atom stereocenters. The maximum absolute atomic E-state index is 11.6. The van der Waals surface area contributed by atoms with Crippen molar-refractivity contribution in [2.24, 2.45) is 5.92 Å². The van der Waals surface area contributed by atoms with Crippen LogP contribution in [-0.4, -0.2) is 49.3 Å². The van der Waals surface area contributed by atoms with E-state index in [0.29, 0.717) is 29.5 Å². The summed E-state index contributed by atoms with van der Waals surface area (Å²) in [5.74, 6) is 1.72. The van der Waals surface area contributed by atoms with Gasteiger partial charge in [-0.05, 0) is 85.8 Å². The molecular formula is C31H35NO6S. The molecule has 0 aromatic heterocycles. The van der Waals surface area contributed by atoms with Crippen LogP contribution in [0, 0.1) is 5.92 Å². The van der Waals surface area contributed by atoms with Crippen molar-refractivity contribution in [3.05, 3.63) is 82.9 Å². The highest BCUT2D eigenvalue weighted by molar-refractivity contribution is 7.71. The first kappa shape index (κ1) is 27.1. The van der Waals surface area contributed by atoms with Crippen LogP contribution in [0.3, 0.4) is 0 Å². The summed E-state index contributed by atoms with van der Waals surface area (Å²) in [5, 5.41) is 20.7. The molecule has 2 aliphatic heterocycles. The van der Waals surface area contributed by atoms with Gasteiger partial charge in [-0.2, -0.15) is 0 Å². The molecule has 3 aromatic carbocycles. The Balaban J connectivity index is 1.47. The first-order valence-corrected chi connectivity index (χ1v) is 14.7. The molecule has 39 heavy (non-hydrogen) atoms. The van der Waals surface area contributed by atoms with Crippen molar-refractivity contribution < 1.29 is 28.1 Å². The minimum absolute atomic E-state index is 0.0938. The fraction of sp³-hybridized carbons (Fsp3) is 0.355. The summed E-state index contributed by atoms with van der Waals surface area (Å²) in [4.78, 5) is 2.47. The van der Waals surface area contributed by atoms with Crippen molar-refractivity contribution in [3.8, 4) is 23.0 Å². The standard InChI is InChI=1S/C31H35NO6S/c1-19-13-14-32(16-19)20(2)17-37-25-9-7-22(8-10-25)31-29(23-5-4-6-24(33)15-23)21(3)30-26(18-39(35)36)27(34)11-12-28(30)38-31/h4-12,15,19-20,31,33-34,39H,13-14,16-18H2,1-3H3/t19-,20+,31?/m1/s1. The van der Waals surface area contributed by atoms with E-state index in [9.17, 15) is 18.6 Å². The highest BCUT2D eigenvalue weighted by atomic mass is 32.2. The van der Waals surface area contributed by atoms with Gasteiger partial charge in [0.2, 0.25) is 0 Å². The number of phenols is 2. The Hall–Kier alpha value is -3.49. The Morgan fingerprint density at radius 3 is 2.54 bits per heavy atom. The van der Waals surface area contributed by atoms with E-state index in [-0.39, 0.29) is 17.3 Å². The number of aromatic hydroxyl groups is 2. The van der Waals surface area contributed by atoms with E-state index in [2.05, 4.69) is 18.7 Å². The van der Waals surface area contributed by atoms with Crippen LogP contribution in [0.15, 0.2) is 60.7 Å². The molecule has 1 unspecified atom stereocenters. The lowest BCUT2D eigenvalue weighted by molar-refractivity contribution is 0.169. The Morgan fingerprint density at radius 2 is 1.87 bits per heavy atom. The molecule has 2 aliphatic rings. The number of ether oxygens (including phenoxy) is 2. The Kier molecular flexibility index (Phi) is 7.86. The summed E-state index contributed by atoms with van der Waals surface area (Å²) in [6.45, 7) is 9.21. The molecule has 1 fully saturated rings. The molecule has 2 heterocycles. The highest BCUT2D eigenvalue weighted by Gasteiger charge is 2.32. The van der Waals surface area contributed by atoms with Crippen LogP contribution < -0.4 is 9.47 Å². The topological polar surface area (TPSA) is 96.3 Å². The van der Waals surface area contributed by atoms with Gasteiger partial charge in [-0.3, -0.25) is 4.90 Å². The zero-order valence-electron chi connectivity index (χ0n) is 22.5. The fourth-order valence-electron chi connectivity index (χ4n) is 5.64. The van der Waals surface area contributed by atoms with Gasteiger partial charge < -0.3 is 19.7 Å². The lowest BCUT2D eigenvalue weighted by Gasteiger charge is -2.32. The van der Waals surface area contributed by atoms with Gasteiger partial charge in [0.05, 0.1) is 5.75 Å². The third-order valence-corrected chi connectivity index (χ3v) is 8.31. The Bertz CT molecular complexity index is 1450. The predicted octanol–water partition coefficient (Wildman–Crippen LogP) is 5.38. The van der Waals surface area contributed by atoms with E-state index in [1.165, 1.54) is 12.5 Å². The number of rotatable bonds is 8. The zero-order valence-corrected chi connectivity index (χ0v) is 23.4. The van der Waals surface area contributed by atoms with Crippen molar-refractivity contribution in [3.63, 3.8) is 0 Å². The van der Waals surface area contributed by atoms with Gasteiger partial charge in [-0.1, -0.05) is 31.2 Å². The molecule has 0 saturated carbocycles. The van der Waals surface area contributed by atoms with Crippen LogP contribution in [0.1, 0.15) is 55.5 Å². The van der Waals surface area contributed by atoms with E-state index in [0.717, 1.165) is 47.0 Å². The molecule has 206 valence electrons. The molecule has 5 rings (SSSR count). The van der Waals surface area contributed by atoms with Gasteiger partial charge in [0.15, 0.2) is 0 Å². The maximum atomic E-state index is 11.6. The van der Waals surface area contributed by atoms with Gasteiger partial charge in [-0.15, -0.1) is 0 Å².